The van der Waals surface area contributed by atoms with E-state index in [4.69, 9.17) is 11.2 Å². The summed E-state index contributed by atoms with van der Waals surface area (Å²) in [6.45, 7) is 2.14. The number of terminal acetylenes is 1. The van der Waals surface area contributed by atoms with Gasteiger partial charge in [-0.1, -0.05) is 21.9 Å². The molecular weight excluding hydrogens is 322 g/mol. The monoisotopic (exact) mass is 341 g/mol. The molecule has 0 atom stereocenters. The van der Waals surface area contributed by atoms with Crippen LogP contribution < -0.4 is 10.1 Å². The Morgan fingerprint density at radius 1 is 1.42 bits per heavy atom. The zero-order valence-electron chi connectivity index (χ0n) is 11.2. The van der Waals surface area contributed by atoms with Crippen molar-refractivity contribution in [3.8, 4) is 18.1 Å². The Morgan fingerprint density at radius 3 is 3.00 bits per heavy atom. The van der Waals surface area contributed by atoms with Gasteiger partial charge in [0, 0.05) is 16.6 Å². The molecule has 0 saturated heterocycles. The van der Waals surface area contributed by atoms with E-state index in [-0.39, 0.29) is 0 Å². The van der Waals surface area contributed by atoms with E-state index < -0.39 is 0 Å². The van der Waals surface area contributed by atoms with Crippen molar-refractivity contribution in [3.63, 3.8) is 0 Å². The van der Waals surface area contributed by atoms with Crippen molar-refractivity contribution in [1.82, 2.24) is 5.32 Å². The van der Waals surface area contributed by atoms with Crippen LogP contribution in [0.15, 0.2) is 22.7 Å². The lowest BCUT2D eigenvalue weighted by molar-refractivity contribution is 0.364. The number of benzene rings is 1. The molecule has 19 heavy (non-hydrogen) atoms. The summed E-state index contributed by atoms with van der Waals surface area (Å²) in [5, 5.41) is 3.44. The summed E-state index contributed by atoms with van der Waals surface area (Å²) in [6, 6.07) is 5.99. The molecule has 0 aliphatic carbocycles. The number of ether oxygens (including phenoxy) is 1. The molecule has 104 valence electrons. The molecule has 0 aromatic heterocycles. The fourth-order valence-corrected chi connectivity index (χ4v) is 2.57. The maximum atomic E-state index is 5.54. The number of nitrogens with one attached hydrogen (secondary N) is 1. The molecule has 2 nitrogen and oxygen atoms in total. The second kappa shape index (κ2) is 10.2. The van der Waals surface area contributed by atoms with E-state index in [9.17, 15) is 0 Å². The topological polar surface area (TPSA) is 21.3 Å². The van der Waals surface area contributed by atoms with Crippen LogP contribution in [-0.2, 0) is 6.54 Å². The normalized spacial score (nSPS) is 10.2. The highest BCUT2D eigenvalue weighted by Gasteiger charge is 2.04. The molecule has 0 heterocycles. The average molecular weight is 342 g/mol. The first-order chi connectivity index (χ1) is 9.27. The van der Waals surface area contributed by atoms with E-state index in [0.29, 0.717) is 6.61 Å². The van der Waals surface area contributed by atoms with E-state index in [1.165, 1.54) is 18.6 Å². The molecule has 0 aliphatic heterocycles. The lowest BCUT2D eigenvalue weighted by atomic mass is 10.2. The first-order valence-corrected chi connectivity index (χ1v) is 8.51. The molecule has 0 unspecified atom stereocenters. The average Bonchev–Trinajstić information content (AvgIpc) is 2.42. The van der Waals surface area contributed by atoms with Crippen LogP contribution in [0.3, 0.4) is 0 Å². The van der Waals surface area contributed by atoms with Crippen molar-refractivity contribution in [3.05, 3.63) is 28.2 Å². The van der Waals surface area contributed by atoms with Gasteiger partial charge in [0.1, 0.15) is 12.4 Å². The second-order valence-electron chi connectivity index (χ2n) is 4.12. The van der Waals surface area contributed by atoms with Gasteiger partial charge < -0.3 is 10.1 Å². The first-order valence-electron chi connectivity index (χ1n) is 6.32. The third-order valence-corrected chi connectivity index (χ3v) is 3.79. The highest BCUT2D eigenvalue weighted by atomic mass is 79.9. The van der Waals surface area contributed by atoms with Gasteiger partial charge in [0.05, 0.1) is 0 Å². The smallest absolute Gasteiger partial charge is 0.148 e. The van der Waals surface area contributed by atoms with Crippen LogP contribution in [-0.4, -0.2) is 25.2 Å². The van der Waals surface area contributed by atoms with E-state index in [2.05, 4.69) is 39.5 Å². The van der Waals surface area contributed by atoms with Gasteiger partial charge in [-0.15, -0.1) is 6.42 Å². The predicted octanol–water partition coefficient (Wildman–Crippen LogP) is 3.69. The van der Waals surface area contributed by atoms with Crippen LogP contribution in [0.1, 0.15) is 18.4 Å². The summed E-state index contributed by atoms with van der Waals surface area (Å²) in [7, 11) is 0. The van der Waals surface area contributed by atoms with Crippen LogP contribution in [0, 0.1) is 12.3 Å². The fourth-order valence-electron chi connectivity index (χ4n) is 1.67. The quantitative estimate of drug-likeness (QED) is 0.546. The summed E-state index contributed by atoms with van der Waals surface area (Å²) in [5.74, 6) is 4.58. The molecule has 1 aromatic carbocycles. The van der Waals surface area contributed by atoms with Gasteiger partial charge in [-0.3, -0.25) is 0 Å². The lowest BCUT2D eigenvalue weighted by Crippen LogP contribution is -2.15. The molecule has 1 aromatic rings. The maximum absolute atomic E-state index is 5.54. The number of halogens is 1. The Kier molecular flexibility index (Phi) is 8.81. The molecule has 1 N–H and O–H groups in total. The van der Waals surface area contributed by atoms with E-state index in [1.54, 1.807) is 0 Å². The van der Waals surface area contributed by atoms with Crippen LogP contribution >= 0.6 is 27.7 Å². The zero-order valence-corrected chi connectivity index (χ0v) is 13.6. The molecule has 4 heteroatoms. The van der Waals surface area contributed by atoms with Crippen molar-refractivity contribution in [1.29, 1.82) is 0 Å². The van der Waals surface area contributed by atoms with Gasteiger partial charge >= 0.3 is 0 Å². The molecule has 0 radical (unpaired) electrons. The third-order valence-electron chi connectivity index (χ3n) is 2.60. The molecule has 1 rings (SSSR count). The third kappa shape index (κ3) is 6.91. The molecule has 0 bridgehead atoms. The van der Waals surface area contributed by atoms with E-state index >= 15 is 0 Å². The van der Waals surface area contributed by atoms with Crippen molar-refractivity contribution < 1.29 is 4.74 Å². The summed E-state index contributed by atoms with van der Waals surface area (Å²) < 4.78 is 6.59. The molecule has 0 amide bonds. The zero-order chi connectivity index (χ0) is 13.9. The molecule has 0 aliphatic rings. The predicted molar refractivity (Wildman–Crippen MR) is 87.8 cm³/mol. The van der Waals surface area contributed by atoms with Crippen molar-refractivity contribution in [2.24, 2.45) is 0 Å². The maximum Gasteiger partial charge on any atom is 0.148 e. The highest BCUT2D eigenvalue weighted by molar-refractivity contribution is 9.10. The summed E-state index contributed by atoms with van der Waals surface area (Å²) in [5.41, 5.74) is 1.13. The van der Waals surface area contributed by atoms with Crippen molar-refractivity contribution in [2.75, 3.05) is 25.2 Å². The summed E-state index contributed by atoms with van der Waals surface area (Å²) >= 11 is 5.38. The Bertz CT molecular complexity index is 417. The van der Waals surface area contributed by atoms with Gasteiger partial charge in [0.25, 0.3) is 0 Å². The van der Waals surface area contributed by atoms with Gasteiger partial charge in [-0.25, -0.2) is 0 Å². The Morgan fingerprint density at radius 2 is 2.26 bits per heavy atom. The Labute approximate surface area is 128 Å². The minimum Gasteiger partial charge on any atom is -0.481 e. The fraction of sp³-hybridized carbons (Fsp3) is 0.467. The lowest BCUT2D eigenvalue weighted by Gasteiger charge is -2.11. The van der Waals surface area contributed by atoms with Crippen molar-refractivity contribution >= 4 is 27.7 Å². The van der Waals surface area contributed by atoms with Gasteiger partial charge in [-0.2, -0.15) is 11.8 Å². The highest BCUT2D eigenvalue weighted by Crippen LogP contribution is 2.23. The molecule has 0 saturated carbocycles. The number of hydrogen-bond donors (Lipinski definition) is 1. The molecular formula is C15H20BrNOS. The SMILES string of the molecule is C#CCOc1ccc(Br)cc1CNCCCCSC. The largest absolute Gasteiger partial charge is 0.481 e. The van der Waals surface area contributed by atoms with E-state index in [1.807, 2.05) is 23.9 Å². The summed E-state index contributed by atoms with van der Waals surface area (Å²) in [6.07, 6.45) is 9.83. The Balaban J connectivity index is 2.42. The minimum absolute atomic E-state index is 0.308. The standard InChI is InChI=1S/C15H20BrNOS/c1-3-9-18-15-7-6-14(16)11-13(15)12-17-8-4-5-10-19-2/h1,6-7,11,17H,4-5,8-10,12H2,2H3. The van der Waals surface area contributed by atoms with Gasteiger partial charge in [-0.05, 0) is 49.6 Å². The van der Waals surface area contributed by atoms with Gasteiger partial charge in [0.2, 0.25) is 0 Å². The number of hydrogen-bond acceptors (Lipinski definition) is 3. The van der Waals surface area contributed by atoms with Crippen LogP contribution in [0.25, 0.3) is 0 Å². The van der Waals surface area contributed by atoms with Crippen LogP contribution in [0.4, 0.5) is 0 Å². The minimum atomic E-state index is 0.308. The van der Waals surface area contributed by atoms with Crippen LogP contribution in [0.5, 0.6) is 5.75 Å². The molecule has 0 fully saturated rings. The van der Waals surface area contributed by atoms with Crippen molar-refractivity contribution in [2.45, 2.75) is 19.4 Å². The number of thioether (sulfide) groups is 1. The number of rotatable bonds is 9. The number of unbranched alkanes of at least 4 members (excludes halogenated alkanes) is 1. The van der Waals surface area contributed by atoms with Gasteiger partial charge in [0.15, 0.2) is 0 Å². The first kappa shape index (κ1) is 16.4. The summed E-state index contributed by atoms with van der Waals surface area (Å²) in [4.78, 5) is 0. The van der Waals surface area contributed by atoms with E-state index in [0.717, 1.165) is 28.9 Å². The second-order valence-corrected chi connectivity index (χ2v) is 6.02. The molecule has 0 spiro atoms. The Hall–Kier alpha value is -0.630. The van der Waals surface area contributed by atoms with Crippen LogP contribution in [0.2, 0.25) is 0 Å².